The minimum Gasteiger partial charge on any atom is -0.490 e. The second-order valence-corrected chi connectivity index (χ2v) is 6.19. The van der Waals surface area contributed by atoms with Gasteiger partial charge in [-0.25, -0.2) is 4.98 Å². The van der Waals surface area contributed by atoms with E-state index in [0.717, 1.165) is 12.1 Å². The molecule has 0 radical (unpaired) electrons. The lowest BCUT2D eigenvalue weighted by atomic mass is 10.2. The molecule has 29 heavy (non-hydrogen) atoms. The van der Waals surface area contributed by atoms with Gasteiger partial charge in [-0.1, -0.05) is 18.2 Å². The maximum absolute atomic E-state index is 12.0. The third kappa shape index (κ3) is 8.06. The smallest absolute Gasteiger partial charge is 0.221 e. The molecule has 1 aromatic heterocycles. The van der Waals surface area contributed by atoms with Gasteiger partial charge in [0.05, 0.1) is 19.8 Å². The Labute approximate surface area is 183 Å². The number of benzene rings is 1. The van der Waals surface area contributed by atoms with Crippen LogP contribution in [-0.2, 0) is 16.1 Å². The monoisotopic (exact) mass is 443 g/mol. The zero-order valence-corrected chi connectivity index (χ0v) is 17.9. The first-order valence-electron chi connectivity index (χ1n) is 9.17. The molecule has 1 atom stereocenters. The number of amides is 1. The standard InChI is InChI=1S/C20H25N3O4.2ClH/c1-2-26-17-5-3-4-6-18(17)27-20-8-7-15(13-23-20)12-22-19(24)11-16-14-25-10-9-21-16;;/h3-8,13,16,21H,2,9-12,14H2,1H3,(H,22,24);2*1H. The Morgan fingerprint density at radius 1 is 1.24 bits per heavy atom. The van der Waals surface area contributed by atoms with Crippen LogP contribution in [0.5, 0.6) is 17.4 Å². The minimum absolute atomic E-state index is 0. The maximum Gasteiger partial charge on any atom is 0.221 e. The van der Waals surface area contributed by atoms with Crippen LogP contribution in [0.25, 0.3) is 0 Å². The SMILES string of the molecule is CCOc1ccccc1Oc1ccc(CNC(=O)CC2COCCN2)cn1.Cl.Cl. The summed E-state index contributed by atoms with van der Waals surface area (Å²) in [7, 11) is 0. The van der Waals surface area contributed by atoms with E-state index in [9.17, 15) is 4.79 Å². The molecule has 0 saturated carbocycles. The molecule has 1 saturated heterocycles. The average Bonchev–Trinajstić information content (AvgIpc) is 2.70. The third-order valence-corrected chi connectivity index (χ3v) is 4.08. The van der Waals surface area contributed by atoms with Gasteiger partial charge < -0.3 is 24.8 Å². The first-order chi connectivity index (χ1) is 13.2. The summed E-state index contributed by atoms with van der Waals surface area (Å²) in [4.78, 5) is 16.3. The van der Waals surface area contributed by atoms with E-state index in [0.29, 0.717) is 50.2 Å². The van der Waals surface area contributed by atoms with Crippen molar-refractivity contribution in [2.24, 2.45) is 0 Å². The lowest BCUT2D eigenvalue weighted by Gasteiger charge is -2.23. The number of carbonyl (C=O) groups excluding carboxylic acids is 1. The fourth-order valence-corrected chi connectivity index (χ4v) is 2.75. The van der Waals surface area contributed by atoms with Crippen LogP contribution in [0, 0.1) is 0 Å². The Bertz CT molecular complexity index is 741. The molecule has 0 spiro atoms. The zero-order chi connectivity index (χ0) is 18.9. The summed E-state index contributed by atoms with van der Waals surface area (Å²) in [6.45, 7) is 4.98. The van der Waals surface area contributed by atoms with Crippen LogP contribution in [0.2, 0.25) is 0 Å². The van der Waals surface area contributed by atoms with Crippen molar-refractivity contribution >= 4 is 30.7 Å². The van der Waals surface area contributed by atoms with Gasteiger partial charge in [-0.15, -0.1) is 24.8 Å². The number of pyridine rings is 1. The van der Waals surface area contributed by atoms with Gasteiger partial charge in [0.1, 0.15) is 0 Å². The van der Waals surface area contributed by atoms with E-state index in [4.69, 9.17) is 14.2 Å². The predicted molar refractivity (Wildman–Crippen MR) is 115 cm³/mol. The highest BCUT2D eigenvalue weighted by molar-refractivity contribution is 5.85. The Balaban J connectivity index is 0.00000210. The molecule has 1 amide bonds. The summed E-state index contributed by atoms with van der Waals surface area (Å²) in [6.07, 6.45) is 2.10. The summed E-state index contributed by atoms with van der Waals surface area (Å²) in [5.41, 5.74) is 0.904. The van der Waals surface area contributed by atoms with E-state index in [1.54, 1.807) is 12.3 Å². The van der Waals surface area contributed by atoms with E-state index in [2.05, 4.69) is 15.6 Å². The fourth-order valence-electron chi connectivity index (χ4n) is 2.75. The quantitative estimate of drug-likeness (QED) is 0.651. The first kappa shape index (κ1) is 25.0. The average molecular weight is 444 g/mol. The largest absolute Gasteiger partial charge is 0.490 e. The lowest BCUT2D eigenvalue weighted by Crippen LogP contribution is -2.44. The van der Waals surface area contributed by atoms with E-state index in [-0.39, 0.29) is 36.8 Å². The molecular weight excluding hydrogens is 417 g/mol. The molecule has 1 aromatic carbocycles. The molecule has 2 heterocycles. The molecule has 0 aliphatic carbocycles. The van der Waals surface area contributed by atoms with Crippen molar-refractivity contribution in [2.45, 2.75) is 25.9 Å². The van der Waals surface area contributed by atoms with E-state index < -0.39 is 0 Å². The van der Waals surface area contributed by atoms with Crippen molar-refractivity contribution in [2.75, 3.05) is 26.4 Å². The van der Waals surface area contributed by atoms with Gasteiger partial charge in [-0.3, -0.25) is 4.79 Å². The zero-order valence-electron chi connectivity index (χ0n) is 16.3. The number of nitrogens with zero attached hydrogens (tertiary/aromatic N) is 1. The van der Waals surface area contributed by atoms with Crippen LogP contribution in [0.3, 0.4) is 0 Å². The van der Waals surface area contributed by atoms with Crippen molar-refractivity contribution in [1.29, 1.82) is 0 Å². The summed E-state index contributed by atoms with van der Waals surface area (Å²) < 4.78 is 16.7. The van der Waals surface area contributed by atoms with Gasteiger partial charge in [0.2, 0.25) is 11.8 Å². The highest BCUT2D eigenvalue weighted by Crippen LogP contribution is 2.30. The number of nitrogens with one attached hydrogen (secondary N) is 2. The molecule has 0 bridgehead atoms. The van der Waals surface area contributed by atoms with Crippen LogP contribution in [0.1, 0.15) is 18.9 Å². The number of aromatic nitrogens is 1. The van der Waals surface area contributed by atoms with Gasteiger partial charge in [-0.2, -0.15) is 0 Å². The number of hydrogen-bond donors (Lipinski definition) is 2. The van der Waals surface area contributed by atoms with Crippen molar-refractivity contribution < 1.29 is 19.0 Å². The molecule has 3 rings (SSSR count). The molecule has 1 aliphatic rings. The molecule has 160 valence electrons. The van der Waals surface area contributed by atoms with Gasteiger partial charge >= 0.3 is 0 Å². The van der Waals surface area contributed by atoms with E-state index >= 15 is 0 Å². The van der Waals surface area contributed by atoms with Crippen molar-refractivity contribution in [1.82, 2.24) is 15.6 Å². The second kappa shape index (κ2) is 13.2. The topological polar surface area (TPSA) is 81.7 Å². The highest BCUT2D eigenvalue weighted by Gasteiger charge is 2.16. The van der Waals surface area contributed by atoms with Crippen molar-refractivity contribution in [3.05, 3.63) is 48.2 Å². The summed E-state index contributed by atoms with van der Waals surface area (Å²) in [5.74, 6) is 1.76. The highest BCUT2D eigenvalue weighted by atomic mass is 35.5. The van der Waals surface area contributed by atoms with Crippen molar-refractivity contribution in [3.63, 3.8) is 0 Å². The summed E-state index contributed by atoms with van der Waals surface area (Å²) in [6, 6.07) is 11.2. The van der Waals surface area contributed by atoms with E-state index in [1.807, 2.05) is 37.3 Å². The minimum atomic E-state index is -0.0102. The van der Waals surface area contributed by atoms with Crippen LogP contribution >= 0.6 is 24.8 Å². The number of rotatable bonds is 8. The number of para-hydroxylation sites is 2. The number of ether oxygens (including phenoxy) is 3. The Morgan fingerprint density at radius 3 is 2.69 bits per heavy atom. The van der Waals surface area contributed by atoms with Gasteiger partial charge in [0.15, 0.2) is 11.5 Å². The molecule has 1 unspecified atom stereocenters. The number of morpholine rings is 1. The van der Waals surface area contributed by atoms with Crippen LogP contribution < -0.4 is 20.1 Å². The summed E-state index contributed by atoms with van der Waals surface area (Å²) in [5, 5.41) is 6.17. The lowest BCUT2D eigenvalue weighted by molar-refractivity contribution is -0.122. The number of carbonyl (C=O) groups is 1. The number of halogens is 2. The fraction of sp³-hybridized carbons (Fsp3) is 0.400. The van der Waals surface area contributed by atoms with E-state index in [1.165, 1.54) is 0 Å². The molecule has 9 heteroatoms. The third-order valence-electron chi connectivity index (χ3n) is 4.08. The molecule has 1 fully saturated rings. The normalized spacial score (nSPS) is 15.4. The van der Waals surface area contributed by atoms with Gasteiger partial charge in [0.25, 0.3) is 0 Å². The van der Waals surface area contributed by atoms with Crippen LogP contribution in [-0.4, -0.2) is 43.3 Å². The van der Waals surface area contributed by atoms with Gasteiger partial charge in [-0.05, 0) is 24.6 Å². The molecule has 7 nitrogen and oxygen atoms in total. The summed E-state index contributed by atoms with van der Waals surface area (Å²) >= 11 is 0. The molecular formula is C20H27Cl2N3O4. The maximum atomic E-state index is 12.0. The van der Waals surface area contributed by atoms with Crippen molar-refractivity contribution in [3.8, 4) is 17.4 Å². The predicted octanol–water partition coefficient (Wildman–Crippen LogP) is 3.11. The second-order valence-electron chi connectivity index (χ2n) is 6.19. The van der Waals surface area contributed by atoms with Crippen LogP contribution in [0.15, 0.2) is 42.6 Å². The number of hydrogen-bond acceptors (Lipinski definition) is 6. The van der Waals surface area contributed by atoms with Crippen LogP contribution in [0.4, 0.5) is 0 Å². The Hall–Kier alpha value is -2.06. The van der Waals surface area contributed by atoms with Gasteiger partial charge in [0, 0.05) is 37.8 Å². The molecule has 1 aliphatic heterocycles. The molecule has 2 aromatic rings. The Morgan fingerprint density at radius 2 is 2.03 bits per heavy atom. The first-order valence-corrected chi connectivity index (χ1v) is 9.17. The molecule has 2 N–H and O–H groups in total. The Kier molecular flexibility index (Phi) is 11.4.